The van der Waals surface area contributed by atoms with E-state index in [9.17, 15) is 14.4 Å². The smallest absolute Gasteiger partial charge is 0.330 e. The van der Waals surface area contributed by atoms with Gasteiger partial charge in [0.15, 0.2) is 0 Å². The predicted octanol–water partition coefficient (Wildman–Crippen LogP) is 6.24. The monoisotopic (exact) mass is 468 g/mol. The summed E-state index contributed by atoms with van der Waals surface area (Å²) in [5.41, 5.74) is 2.20. The van der Waals surface area contributed by atoms with Crippen LogP contribution in [0, 0.1) is 0 Å². The first-order valence-corrected chi connectivity index (χ1v) is 11.7. The van der Waals surface area contributed by atoms with E-state index in [0.29, 0.717) is 26.1 Å². The highest BCUT2D eigenvalue weighted by atomic mass is 16.5. The summed E-state index contributed by atoms with van der Waals surface area (Å²) in [4.78, 5) is 33.0. The second kappa shape index (κ2) is 18.1. The topological polar surface area (TPSA) is 89.9 Å². The predicted molar refractivity (Wildman–Crippen MR) is 132 cm³/mol. The van der Waals surface area contributed by atoms with Gasteiger partial charge >= 0.3 is 17.9 Å². The number of carbonyl (C=O) groups excluding carboxylic acids is 2. The van der Waals surface area contributed by atoms with Crippen molar-refractivity contribution in [2.24, 2.45) is 0 Å². The Hall–Kier alpha value is -3.41. The van der Waals surface area contributed by atoms with Crippen LogP contribution in [0.15, 0.2) is 72.8 Å². The van der Waals surface area contributed by atoms with E-state index >= 15 is 0 Å². The number of benzene rings is 2. The van der Waals surface area contributed by atoms with E-state index in [0.717, 1.165) is 49.7 Å². The molecule has 1 N–H and O–H groups in total. The van der Waals surface area contributed by atoms with Crippen LogP contribution in [0.25, 0.3) is 0 Å². The maximum absolute atomic E-state index is 11.7. The minimum absolute atomic E-state index is 0.134. The van der Waals surface area contributed by atoms with E-state index < -0.39 is 5.97 Å². The van der Waals surface area contributed by atoms with Crippen LogP contribution in [0.3, 0.4) is 0 Å². The lowest BCUT2D eigenvalue weighted by Crippen LogP contribution is -2.04. The zero-order chi connectivity index (χ0) is 25.0. The molecule has 0 saturated carbocycles. The lowest BCUT2D eigenvalue weighted by molar-refractivity contribution is -0.146. The highest BCUT2D eigenvalue weighted by Gasteiger charge is 2.05. The molecular weight excluding hydrogens is 432 g/mol. The fraction of sp³-hybridized carbons (Fsp3) is 0.393. The number of esters is 2. The summed E-state index contributed by atoms with van der Waals surface area (Å²) in [6.45, 7) is 5.30. The molecule has 0 unspecified atom stereocenters. The third-order valence-corrected chi connectivity index (χ3v) is 4.86. The molecule has 0 radical (unpaired) electrons. The number of rotatable bonds is 14. The molecule has 0 bridgehead atoms. The van der Waals surface area contributed by atoms with Gasteiger partial charge in [0.2, 0.25) is 0 Å². The largest absolute Gasteiger partial charge is 0.478 e. The number of carboxylic acids is 1. The molecule has 6 nitrogen and oxygen atoms in total. The SMILES string of the molecule is C=C(C)C(=O)O.O=C(CCCCCCCCC(=O)OCc1ccccc1)OCc1ccccc1. The summed E-state index contributed by atoms with van der Waals surface area (Å²) in [5, 5.41) is 7.89. The Morgan fingerprint density at radius 1 is 0.676 bits per heavy atom. The molecule has 0 aliphatic rings. The van der Waals surface area contributed by atoms with Gasteiger partial charge in [-0.2, -0.15) is 0 Å². The average molecular weight is 469 g/mol. The normalized spacial score (nSPS) is 9.91. The second-order valence-electron chi connectivity index (χ2n) is 8.00. The summed E-state index contributed by atoms with van der Waals surface area (Å²) in [7, 11) is 0. The molecule has 2 aromatic carbocycles. The number of hydrogen-bond acceptors (Lipinski definition) is 5. The van der Waals surface area contributed by atoms with E-state index in [4.69, 9.17) is 14.6 Å². The van der Waals surface area contributed by atoms with Gasteiger partial charge in [-0.05, 0) is 30.9 Å². The third-order valence-electron chi connectivity index (χ3n) is 4.86. The van der Waals surface area contributed by atoms with Crippen LogP contribution in [-0.4, -0.2) is 23.0 Å². The molecule has 0 atom stereocenters. The van der Waals surface area contributed by atoms with Gasteiger partial charge in [0.05, 0.1) is 0 Å². The second-order valence-corrected chi connectivity index (χ2v) is 8.00. The van der Waals surface area contributed by atoms with Gasteiger partial charge in [-0.1, -0.05) is 92.9 Å². The van der Waals surface area contributed by atoms with E-state index in [1.54, 1.807) is 0 Å². The number of hydrogen-bond donors (Lipinski definition) is 1. The zero-order valence-corrected chi connectivity index (χ0v) is 20.0. The Morgan fingerprint density at radius 2 is 1.00 bits per heavy atom. The van der Waals surface area contributed by atoms with Gasteiger partial charge in [0, 0.05) is 18.4 Å². The molecule has 184 valence electrons. The number of ether oxygens (including phenoxy) is 2. The number of carboxylic acid groups (broad SMARTS) is 1. The minimum Gasteiger partial charge on any atom is -0.478 e. The first-order chi connectivity index (χ1) is 16.4. The summed E-state index contributed by atoms with van der Waals surface area (Å²) >= 11 is 0. The summed E-state index contributed by atoms with van der Waals surface area (Å²) in [6, 6.07) is 19.4. The summed E-state index contributed by atoms with van der Waals surface area (Å²) in [6.07, 6.45) is 6.82. The summed E-state index contributed by atoms with van der Waals surface area (Å²) in [5.74, 6) is -1.20. The Bertz CT molecular complexity index is 787. The molecule has 0 spiro atoms. The molecule has 34 heavy (non-hydrogen) atoms. The van der Waals surface area contributed by atoms with Crippen molar-refractivity contribution < 1.29 is 29.0 Å². The zero-order valence-electron chi connectivity index (χ0n) is 20.0. The van der Waals surface area contributed by atoms with Crippen molar-refractivity contribution in [3.63, 3.8) is 0 Å². The van der Waals surface area contributed by atoms with Crippen LogP contribution < -0.4 is 0 Å². The van der Waals surface area contributed by atoms with E-state index in [2.05, 4.69) is 6.58 Å². The molecule has 0 saturated heterocycles. The fourth-order valence-corrected chi connectivity index (χ4v) is 2.87. The lowest BCUT2D eigenvalue weighted by atomic mass is 10.1. The van der Waals surface area contributed by atoms with Crippen molar-refractivity contribution in [3.8, 4) is 0 Å². The molecule has 0 aliphatic carbocycles. The lowest BCUT2D eigenvalue weighted by Gasteiger charge is -2.06. The van der Waals surface area contributed by atoms with E-state index in [1.807, 2.05) is 60.7 Å². The highest BCUT2D eigenvalue weighted by molar-refractivity contribution is 5.84. The molecule has 2 aromatic rings. The van der Waals surface area contributed by atoms with E-state index in [1.165, 1.54) is 6.92 Å². The van der Waals surface area contributed by atoms with Gasteiger partial charge in [0.1, 0.15) is 13.2 Å². The van der Waals surface area contributed by atoms with Gasteiger partial charge in [-0.25, -0.2) is 4.79 Å². The van der Waals surface area contributed by atoms with Crippen LogP contribution in [0.5, 0.6) is 0 Å². The Labute approximate surface area is 202 Å². The Balaban J connectivity index is 0.000000852. The van der Waals surface area contributed by atoms with Crippen LogP contribution in [0.2, 0.25) is 0 Å². The Kier molecular flexibility index (Phi) is 15.2. The van der Waals surface area contributed by atoms with Crippen LogP contribution in [-0.2, 0) is 37.1 Å². The average Bonchev–Trinajstić information content (AvgIpc) is 2.84. The molecule has 0 aromatic heterocycles. The van der Waals surface area contributed by atoms with Gasteiger partial charge < -0.3 is 14.6 Å². The molecule has 2 rings (SSSR count). The molecular formula is C28H36O6. The van der Waals surface area contributed by atoms with Crippen LogP contribution in [0.4, 0.5) is 0 Å². The number of carbonyl (C=O) groups is 3. The Morgan fingerprint density at radius 3 is 1.32 bits per heavy atom. The molecule has 0 amide bonds. The van der Waals surface area contributed by atoms with Crippen molar-refractivity contribution in [2.45, 2.75) is 71.5 Å². The number of unbranched alkanes of at least 4 members (excludes halogenated alkanes) is 5. The number of aliphatic carboxylic acids is 1. The maximum atomic E-state index is 11.7. The van der Waals surface area contributed by atoms with Crippen LogP contribution >= 0.6 is 0 Å². The molecule has 0 fully saturated rings. The van der Waals surface area contributed by atoms with Crippen molar-refractivity contribution in [3.05, 3.63) is 83.9 Å². The van der Waals surface area contributed by atoms with Crippen molar-refractivity contribution >= 4 is 17.9 Å². The maximum Gasteiger partial charge on any atom is 0.330 e. The van der Waals surface area contributed by atoms with Gasteiger partial charge in [0.25, 0.3) is 0 Å². The highest BCUT2D eigenvalue weighted by Crippen LogP contribution is 2.11. The first-order valence-electron chi connectivity index (χ1n) is 11.7. The van der Waals surface area contributed by atoms with Crippen molar-refractivity contribution in [1.29, 1.82) is 0 Å². The molecule has 0 aliphatic heterocycles. The van der Waals surface area contributed by atoms with Crippen molar-refractivity contribution in [1.82, 2.24) is 0 Å². The summed E-state index contributed by atoms with van der Waals surface area (Å²) < 4.78 is 10.5. The molecule has 6 heteroatoms. The molecule has 0 heterocycles. The van der Waals surface area contributed by atoms with Crippen LogP contribution in [0.1, 0.15) is 69.4 Å². The van der Waals surface area contributed by atoms with E-state index in [-0.39, 0.29) is 17.5 Å². The third kappa shape index (κ3) is 15.4. The van der Waals surface area contributed by atoms with Gasteiger partial charge in [-0.15, -0.1) is 0 Å². The van der Waals surface area contributed by atoms with Crippen molar-refractivity contribution in [2.75, 3.05) is 0 Å². The standard InChI is InChI=1S/C24H30O4.C4H6O2/c25-23(27-19-21-13-7-5-8-14-21)17-11-3-1-2-4-12-18-24(26)28-20-22-15-9-6-10-16-22;1-3(2)4(5)6/h5-10,13-16H,1-4,11-12,17-20H2;1H2,2H3,(H,5,6). The minimum atomic E-state index is -0.935. The fourth-order valence-electron chi connectivity index (χ4n) is 2.87. The quantitative estimate of drug-likeness (QED) is 0.200. The van der Waals surface area contributed by atoms with Gasteiger partial charge in [-0.3, -0.25) is 9.59 Å². The first kappa shape index (κ1) is 28.6.